The monoisotopic (exact) mass is 293 g/mol. The molecule has 0 heterocycles. The Hall–Kier alpha value is -2.24. The van der Waals surface area contributed by atoms with Crippen LogP contribution in [-0.2, 0) is 16.0 Å². The fourth-order valence-electron chi connectivity index (χ4n) is 2.32. The third-order valence-corrected chi connectivity index (χ3v) is 3.92. The van der Waals surface area contributed by atoms with Crippen LogP contribution in [0.25, 0.3) is 0 Å². The number of phenolic OH excluding ortho intramolecular Hbond substituents is 2. The highest BCUT2D eigenvalue weighted by atomic mass is 16.4. The fraction of sp³-hybridized carbons (Fsp3) is 0.467. The Labute approximate surface area is 122 Å². The largest absolute Gasteiger partial charge is 0.504 e. The lowest BCUT2D eigenvalue weighted by Gasteiger charge is -2.15. The van der Waals surface area contributed by atoms with Crippen LogP contribution in [0, 0.1) is 11.3 Å². The molecule has 6 nitrogen and oxygen atoms in total. The Balaban J connectivity index is 2.04. The maximum atomic E-state index is 12.0. The Bertz CT molecular complexity index is 581. The molecule has 0 spiro atoms. The van der Waals surface area contributed by atoms with Crippen LogP contribution in [0.2, 0.25) is 0 Å². The van der Waals surface area contributed by atoms with Crippen molar-refractivity contribution in [3.05, 3.63) is 23.8 Å². The van der Waals surface area contributed by atoms with E-state index in [2.05, 4.69) is 5.32 Å². The molecule has 4 N–H and O–H groups in total. The smallest absolute Gasteiger partial charge is 0.326 e. The summed E-state index contributed by atoms with van der Waals surface area (Å²) in [6, 6.07) is 3.03. The Morgan fingerprint density at radius 1 is 1.33 bits per heavy atom. The summed E-state index contributed by atoms with van der Waals surface area (Å²) in [4.78, 5) is 23.3. The van der Waals surface area contributed by atoms with Gasteiger partial charge < -0.3 is 20.6 Å². The third kappa shape index (κ3) is 3.45. The predicted molar refractivity (Wildman–Crippen MR) is 74.9 cm³/mol. The predicted octanol–water partition coefficient (Wildman–Crippen LogP) is 1.26. The quantitative estimate of drug-likeness (QED) is 0.611. The molecule has 114 valence electrons. The average Bonchev–Trinajstić information content (AvgIpc) is 3.02. The summed E-state index contributed by atoms with van der Waals surface area (Å²) in [7, 11) is 0. The van der Waals surface area contributed by atoms with Crippen LogP contribution in [0.1, 0.15) is 25.8 Å². The van der Waals surface area contributed by atoms with Gasteiger partial charge in [-0.05, 0) is 29.5 Å². The van der Waals surface area contributed by atoms with E-state index in [4.69, 9.17) is 0 Å². The number of aliphatic carboxylic acids is 1. The van der Waals surface area contributed by atoms with Gasteiger partial charge in [-0.15, -0.1) is 0 Å². The molecule has 1 aromatic carbocycles. The van der Waals surface area contributed by atoms with Gasteiger partial charge in [-0.2, -0.15) is 0 Å². The number of amides is 1. The van der Waals surface area contributed by atoms with Gasteiger partial charge >= 0.3 is 5.97 Å². The number of rotatable bonds is 5. The molecule has 6 heteroatoms. The maximum Gasteiger partial charge on any atom is 0.326 e. The van der Waals surface area contributed by atoms with E-state index < -0.39 is 12.0 Å². The van der Waals surface area contributed by atoms with E-state index in [1.807, 2.05) is 13.8 Å². The minimum atomic E-state index is -1.13. The zero-order valence-electron chi connectivity index (χ0n) is 12.0. The van der Waals surface area contributed by atoms with Crippen LogP contribution in [-0.4, -0.2) is 33.2 Å². The van der Waals surface area contributed by atoms with E-state index >= 15 is 0 Å². The van der Waals surface area contributed by atoms with Crippen LogP contribution in [0.5, 0.6) is 11.5 Å². The van der Waals surface area contributed by atoms with Gasteiger partial charge in [0.1, 0.15) is 6.04 Å². The van der Waals surface area contributed by atoms with Crippen molar-refractivity contribution in [2.45, 2.75) is 32.7 Å². The van der Waals surface area contributed by atoms with E-state index in [9.17, 15) is 24.9 Å². The highest BCUT2D eigenvalue weighted by Gasteiger charge is 2.51. The van der Waals surface area contributed by atoms with Crippen molar-refractivity contribution >= 4 is 11.9 Å². The zero-order chi connectivity index (χ0) is 15.8. The summed E-state index contributed by atoms with van der Waals surface area (Å²) in [5, 5.41) is 30.4. The molecule has 0 radical (unpaired) electrons. The van der Waals surface area contributed by atoms with Crippen molar-refractivity contribution in [1.82, 2.24) is 5.32 Å². The molecule has 2 atom stereocenters. The van der Waals surface area contributed by atoms with Gasteiger partial charge in [0.25, 0.3) is 0 Å². The Morgan fingerprint density at radius 3 is 2.43 bits per heavy atom. The molecule has 1 aromatic rings. The summed E-state index contributed by atoms with van der Waals surface area (Å²) in [6.07, 6.45) is 0.799. The highest BCUT2D eigenvalue weighted by molar-refractivity contribution is 5.87. The number of carbonyl (C=O) groups excluding carboxylic acids is 1. The molecular formula is C15H19NO5. The molecule has 1 amide bonds. The summed E-state index contributed by atoms with van der Waals surface area (Å²) in [5.41, 5.74) is 0.456. The number of benzene rings is 1. The molecule has 0 aromatic heterocycles. The molecule has 1 aliphatic rings. The first-order valence-electron chi connectivity index (χ1n) is 6.75. The van der Waals surface area contributed by atoms with E-state index in [-0.39, 0.29) is 35.2 Å². The molecule has 1 unspecified atom stereocenters. The Kier molecular flexibility index (Phi) is 3.80. The first-order valence-corrected chi connectivity index (χ1v) is 6.75. The van der Waals surface area contributed by atoms with E-state index in [0.29, 0.717) is 5.56 Å². The number of carbonyl (C=O) groups is 2. The van der Waals surface area contributed by atoms with Crippen molar-refractivity contribution in [3.8, 4) is 11.5 Å². The number of hydrogen-bond acceptors (Lipinski definition) is 4. The van der Waals surface area contributed by atoms with E-state index in [1.165, 1.54) is 18.2 Å². The molecule has 1 saturated carbocycles. The number of hydrogen-bond donors (Lipinski definition) is 4. The number of phenols is 2. The summed E-state index contributed by atoms with van der Waals surface area (Å²) in [5.74, 6) is -2.11. The van der Waals surface area contributed by atoms with Crippen molar-refractivity contribution in [3.63, 3.8) is 0 Å². The lowest BCUT2D eigenvalue weighted by Crippen LogP contribution is -2.43. The van der Waals surface area contributed by atoms with Crippen molar-refractivity contribution < 1.29 is 24.9 Å². The first-order chi connectivity index (χ1) is 9.70. The lowest BCUT2D eigenvalue weighted by atomic mass is 10.0. The second-order valence-corrected chi connectivity index (χ2v) is 6.17. The molecule has 0 bridgehead atoms. The van der Waals surface area contributed by atoms with Crippen LogP contribution in [0.15, 0.2) is 18.2 Å². The summed E-state index contributed by atoms with van der Waals surface area (Å²) in [6.45, 7) is 3.93. The van der Waals surface area contributed by atoms with Crippen molar-refractivity contribution in [1.29, 1.82) is 0 Å². The van der Waals surface area contributed by atoms with Crippen molar-refractivity contribution in [2.75, 3.05) is 0 Å². The van der Waals surface area contributed by atoms with Crippen LogP contribution in [0.3, 0.4) is 0 Å². The van der Waals surface area contributed by atoms with Crippen LogP contribution >= 0.6 is 0 Å². The second kappa shape index (κ2) is 5.27. The van der Waals surface area contributed by atoms with Gasteiger partial charge in [-0.1, -0.05) is 19.9 Å². The van der Waals surface area contributed by atoms with Gasteiger partial charge in [0.15, 0.2) is 11.5 Å². The maximum absolute atomic E-state index is 12.0. The fourth-order valence-corrected chi connectivity index (χ4v) is 2.32. The van der Waals surface area contributed by atoms with Crippen molar-refractivity contribution in [2.24, 2.45) is 11.3 Å². The van der Waals surface area contributed by atoms with Crippen LogP contribution < -0.4 is 5.32 Å². The number of carboxylic acids is 1. The van der Waals surface area contributed by atoms with E-state index in [0.717, 1.165) is 6.42 Å². The SMILES string of the molecule is CC1(C)CC1C(=O)N[C@@H](Cc1ccc(O)c(O)c1)C(=O)O. The van der Waals surface area contributed by atoms with E-state index in [1.54, 1.807) is 0 Å². The van der Waals surface area contributed by atoms with Crippen LogP contribution in [0.4, 0.5) is 0 Å². The molecule has 1 fully saturated rings. The molecule has 1 aliphatic carbocycles. The minimum Gasteiger partial charge on any atom is -0.504 e. The number of nitrogens with one attached hydrogen (secondary N) is 1. The highest BCUT2D eigenvalue weighted by Crippen LogP contribution is 2.51. The van der Waals surface area contributed by atoms with Gasteiger partial charge in [-0.3, -0.25) is 4.79 Å². The average molecular weight is 293 g/mol. The Morgan fingerprint density at radius 2 is 1.95 bits per heavy atom. The van der Waals surface area contributed by atoms with Gasteiger partial charge in [0, 0.05) is 12.3 Å². The zero-order valence-corrected chi connectivity index (χ0v) is 12.0. The first kappa shape index (κ1) is 15.2. The topological polar surface area (TPSA) is 107 Å². The molecule has 2 rings (SSSR count). The lowest BCUT2D eigenvalue weighted by molar-refractivity contribution is -0.142. The number of aromatic hydroxyl groups is 2. The normalized spacial score (nSPS) is 20.6. The number of carboxylic acid groups (broad SMARTS) is 1. The second-order valence-electron chi connectivity index (χ2n) is 6.17. The summed E-state index contributed by atoms with van der Waals surface area (Å²) >= 11 is 0. The molecule has 0 saturated heterocycles. The standard InChI is InChI=1S/C15H19NO5/c1-15(2)7-9(15)13(19)16-10(14(20)21)5-8-3-4-11(17)12(18)6-8/h3-4,6,9-10,17-18H,5,7H2,1-2H3,(H,16,19)(H,20,21)/t9?,10-/m0/s1. The van der Waals surface area contributed by atoms with Gasteiger partial charge in [0.05, 0.1) is 0 Å². The minimum absolute atomic E-state index is 0.0437. The molecule has 0 aliphatic heterocycles. The third-order valence-electron chi connectivity index (χ3n) is 3.92. The summed E-state index contributed by atoms with van der Waals surface area (Å²) < 4.78 is 0. The molecular weight excluding hydrogens is 274 g/mol. The van der Waals surface area contributed by atoms with Gasteiger partial charge in [-0.25, -0.2) is 4.79 Å². The molecule has 21 heavy (non-hydrogen) atoms. The van der Waals surface area contributed by atoms with Gasteiger partial charge in [0.2, 0.25) is 5.91 Å².